The van der Waals surface area contributed by atoms with E-state index in [2.05, 4.69) is 31.1 Å². The Hall–Kier alpha value is -1.63. The van der Waals surface area contributed by atoms with E-state index in [9.17, 15) is 8.78 Å². The van der Waals surface area contributed by atoms with Crippen LogP contribution in [0.25, 0.3) is 0 Å². The average molecular weight is 360 g/mol. The average Bonchev–Trinajstić information content (AvgIpc) is 2.73. The summed E-state index contributed by atoms with van der Waals surface area (Å²) in [4.78, 5) is 0. The second-order valence-electron chi connectivity index (χ2n) is 4.42. The topological polar surface area (TPSA) is 39.1 Å². The molecule has 0 radical (unpaired) electrons. The van der Waals surface area contributed by atoms with E-state index in [0.29, 0.717) is 6.54 Å². The lowest BCUT2D eigenvalue weighted by molar-refractivity contribution is -0.0498. The number of alkyl halides is 2. The van der Waals surface area contributed by atoms with E-state index in [1.54, 1.807) is 12.1 Å². The molecule has 2 aromatic rings. The van der Waals surface area contributed by atoms with Gasteiger partial charge >= 0.3 is 6.61 Å². The van der Waals surface area contributed by atoms with Gasteiger partial charge in [-0.15, -0.1) is 0 Å². The van der Waals surface area contributed by atoms with Gasteiger partial charge in [-0.1, -0.05) is 0 Å². The Bertz CT molecular complexity index is 599. The van der Waals surface area contributed by atoms with Crippen molar-refractivity contribution < 1.29 is 13.5 Å². The van der Waals surface area contributed by atoms with Gasteiger partial charge in [-0.25, -0.2) is 0 Å². The Morgan fingerprint density at radius 3 is 2.57 bits per heavy atom. The normalized spacial score (nSPS) is 11.0. The first-order chi connectivity index (χ1) is 10.0. The van der Waals surface area contributed by atoms with Gasteiger partial charge in [-0.05, 0) is 54.0 Å². The molecule has 0 fully saturated rings. The van der Waals surface area contributed by atoms with E-state index in [-0.39, 0.29) is 5.75 Å². The number of aryl methyl sites for hydroxylation is 2. The number of hydrogen-bond donors (Lipinski definition) is 1. The molecule has 1 aromatic heterocycles. The molecule has 1 heterocycles. The molecular formula is C14H16BrF2N3O. The number of nitrogens with one attached hydrogen (secondary N) is 1. The van der Waals surface area contributed by atoms with Crippen molar-refractivity contribution in [1.82, 2.24) is 9.78 Å². The maximum Gasteiger partial charge on any atom is 0.387 e. The summed E-state index contributed by atoms with van der Waals surface area (Å²) in [5, 5.41) is 7.65. The van der Waals surface area contributed by atoms with Gasteiger partial charge in [0.25, 0.3) is 0 Å². The first-order valence-electron chi connectivity index (χ1n) is 6.51. The van der Waals surface area contributed by atoms with Gasteiger partial charge in [0.2, 0.25) is 0 Å². The van der Waals surface area contributed by atoms with Crippen molar-refractivity contribution in [2.45, 2.75) is 33.5 Å². The van der Waals surface area contributed by atoms with Crippen LogP contribution in [-0.4, -0.2) is 16.4 Å². The molecule has 4 nitrogen and oxygen atoms in total. The van der Waals surface area contributed by atoms with Crippen LogP contribution in [-0.2, 0) is 13.1 Å². The molecule has 0 saturated heterocycles. The van der Waals surface area contributed by atoms with Gasteiger partial charge in [0.05, 0.1) is 22.4 Å². The fourth-order valence-electron chi connectivity index (χ4n) is 1.98. The number of rotatable bonds is 6. The molecule has 1 aromatic carbocycles. The molecule has 2 rings (SSSR count). The summed E-state index contributed by atoms with van der Waals surface area (Å²) in [7, 11) is 0. The Morgan fingerprint density at radius 1 is 1.33 bits per heavy atom. The predicted molar refractivity (Wildman–Crippen MR) is 80.7 cm³/mol. The molecule has 1 N–H and O–H groups in total. The van der Waals surface area contributed by atoms with Crippen molar-refractivity contribution in [3.8, 4) is 5.75 Å². The minimum Gasteiger partial charge on any atom is -0.435 e. The monoisotopic (exact) mass is 359 g/mol. The van der Waals surface area contributed by atoms with Crippen LogP contribution < -0.4 is 10.1 Å². The molecule has 0 bridgehead atoms. The number of aromatic nitrogens is 2. The number of benzene rings is 1. The maximum atomic E-state index is 12.1. The second-order valence-corrected chi connectivity index (χ2v) is 5.21. The third-order valence-electron chi connectivity index (χ3n) is 2.99. The van der Waals surface area contributed by atoms with Crippen LogP contribution in [0.1, 0.15) is 18.3 Å². The first kappa shape index (κ1) is 15.8. The van der Waals surface area contributed by atoms with E-state index >= 15 is 0 Å². The van der Waals surface area contributed by atoms with Crippen LogP contribution in [0.4, 0.5) is 14.5 Å². The van der Waals surface area contributed by atoms with Gasteiger partial charge in [0.15, 0.2) is 0 Å². The van der Waals surface area contributed by atoms with Crippen molar-refractivity contribution in [1.29, 1.82) is 0 Å². The lowest BCUT2D eigenvalue weighted by Gasteiger charge is -2.10. The zero-order chi connectivity index (χ0) is 15.4. The fourth-order valence-corrected chi connectivity index (χ4v) is 2.40. The van der Waals surface area contributed by atoms with Crippen molar-refractivity contribution in [2.24, 2.45) is 0 Å². The van der Waals surface area contributed by atoms with Crippen LogP contribution in [0.2, 0.25) is 0 Å². The molecule has 21 heavy (non-hydrogen) atoms. The molecular weight excluding hydrogens is 344 g/mol. The van der Waals surface area contributed by atoms with Crippen molar-refractivity contribution in [3.05, 3.63) is 40.1 Å². The van der Waals surface area contributed by atoms with Crippen molar-refractivity contribution in [2.75, 3.05) is 5.32 Å². The van der Waals surface area contributed by atoms with Crippen LogP contribution in [0.15, 0.2) is 28.7 Å². The molecule has 0 amide bonds. The fraction of sp³-hybridized carbons (Fsp3) is 0.357. The molecule has 0 unspecified atom stereocenters. The quantitative estimate of drug-likeness (QED) is 0.840. The Balaban J connectivity index is 2.03. The zero-order valence-electron chi connectivity index (χ0n) is 11.7. The number of halogens is 3. The summed E-state index contributed by atoms with van der Waals surface area (Å²) in [5.74, 6) is 0.145. The minimum atomic E-state index is -2.80. The Kier molecular flexibility index (Phi) is 5.17. The van der Waals surface area contributed by atoms with Gasteiger partial charge in [0, 0.05) is 12.2 Å². The summed E-state index contributed by atoms with van der Waals surface area (Å²) in [5.41, 5.74) is 2.81. The third kappa shape index (κ3) is 3.93. The van der Waals surface area contributed by atoms with E-state index in [1.807, 2.05) is 18.5 Å². The summed E-state index contributed by atoms with van der Waals surface area (Å²) in [6.07, 6.45) is 0. The summed E-state index contributed by atoms with van der Waals surface area (Å²) in [6.45, 7) is 2.53. The Labute approximate surface area is 130 Å². The van der Waals surface area contributed by atoms with Gasteiger partial charge in [-0.3, -0.25) is 4.68 Å². The summed E-state index contributed by atoms with van der Waals surface area (Å²) >= 11 is 3.53. The van der Waals surface area contributed by atoms with Crippen LogP contribution in [0.3, 0.4) is 0 Å². The number of nitrogens with zero attached hydrogens (tertiary/aromatic N) is 2. The Morgan fingerprint density at radius 2 is 2.00 bits per heavy atom. The molecule has 0 aliphatic carbocycles. The minimum absolute atomic E-state index is 0.145. The van der Waals surface area contributed by atoms with Gasteiger partial charge in [-0.2, -0.15) is 13.9 Å². The van der Waals surface area contributed by atoms with E-state index < -0.39 is 6.61 Å². The van der Waals surface area contributed by atoms with E-state index in [0.717, 1.165) is 28.1 Å². The highest BCUT2D eigenvalue weighted by Crippen LogP contribution is 2.23. The van der Waals surface area contributed by atoms with Gasteiger partial charge in [0.1, 0.15) is 5.75 Å². The predicted octanol–water partition coefficient (Wildman–Crippen LogP) is 4.19. The largest absolute Gasteiger partial charge is 0.435 e. The lowest BCUT2D eigenvalue weighted by atomic mass is 10.3. The molecule has 114 valence electrons. The number of hydrogen-bond acceptors (Lipinski definition) is 3. The van der Waals surface area contributed by atoms with Crippen LogP contribution >= 0.6 is 15.9 Å². The highest BCUT2D eigenvalue weighted by atomic mass is 79.9. The number of anilines is 1. The SMILES string of the molecule is CCn1nc(C)c(Br)c1CNc1ccc(OC(F)F)cc1. The molecule has 0 atom stereocenters. The molecule has 0 aliphatic rings. The highest BCUT2D eigenvalue weighted by Gasteiger charge is 2.11. The molecule has 0 spiro atoms. The molecule has 0 saturated carbocycles. The maximum absolute atomic E-state index is 12.1. The van der Waals surface area contributed by atoms with E-state index in [4.69, 9.17) is 0 Å². The highest BCUT2D eigenvalue weighted by molar-refractivity contribution is 9.10. The molecule has 7 heteroatoms. The van der Waals surface area contributed by atoms with Crippen molar-refractivity contribution in [3.63, 3.8) is 0 Å². The van der Waals surface area contributed by atoms with Crippen molar-refractivity contribution >= 4 is 21.6 Å². The standard InChI is InChI=1S/C14H16BrF2N3O/c1-3-20-12(13(15)9(2)19-20)8-18-10-4-6-11(7-5-10)21-14(16)17/h4-7,14,18H,3,8H2,1-2H3. The van der Waals surface area contributed by atoms with Gasteiger partial charge < -0.3 is 10.1 Å². The van der Waals surface area contributed by atoms with E-state index in [1.165, 1.54) is 12.1 Å². The lowest BCUT2D eigenvalue weighted by Crippen LogP contribution is -2.08. The zero-order valence-corrected chi connectivity index (χ0v) is 13.3. The smallest absolute Gasteiger partial charge is 0.387 e. The van der Waals surface area contributed by atoms with Crippen LogP contribution in [0, 0.1) is 6.92 Å². The first-order valence-corrected chi connectivity index (χ1v) is 7.31. The summed E-state index contributed by atoms with van der Waals surface area (Å²) in [6, 6.07) is 6.41. The second kappa shape index (κ2) is 6.89. The molecule has 0 aliphatic heterocycles. The third-order valence-corrected chi connectivity index (χ3v) is 4.02. The van der Waals surface area contributed by atoms with Crippen LogP contribution in [0.5, 0.6) is 5.75 Å². The number of ether oxygens (including phenoxy) is 1. The summed E-state index contributed by atoms with van der Waals surface area (Å²) < 4.78 is 31.3.